The molecular formula is C8H6ClF2N3. The quantitative estimate of drug-likeness (QED) is 0.774. The molecule has 0 amide bonds. The Labute approximate surface area is 84.1 Å². The van der Waals surface area contributed by atoms with Crippen LogP contribution in [-0.2, 0) is 6.42 Å². The number of hydrogen-bond donors (Lipinski definition) is 1. The Kier molecular flexibility index (Phi) is 3.20. The summed E-state index contributed by atoms with van der Waals surface area (Å²) in [7, 11) is 0. The van der Waals surface area contributed by atoms with Crippen LogP contribution in [0.15, 0.2) is 6.07 Å². The lowest BCUT2D eigenvalue weighted by Gasteiger charge is -2.06. The summed E-state index contributed by atoms with van der Waals surface area (Å²) in [6.45, 7) is 0. The molecule has 14 heavy (non-hydrogen) atoms. The summed E-state index contributed by atoms with van der Waals surface area (Å²) in [4.78, 5) is 3.53. The molecule has 2 N–H and O–H groups in total. The third-order valence-corrected chi connectivity index (χ3v) is 1.92. The number of nitriles is 1. The summed E-state index contributed by atoms with van der Waals surface area (Å²) >= 11 is 5.44. The average Bonchev–Trinajstić information content (AvgIpc) is 2.09. The zero-order valence-corrected chi connectivity index (χ0v) is 7.72. The third kappa shape index (κ3) is 2.09. The van der Waals surface area contributed by atoms with Crippen molar-refractivity contribution in [2.45, 2.75) is 12.8 Å². The van der Waals surface area contributed by atoms with Gasteiger partial charge in [-0.25, -0.2) is 13.8 Å². The number of pyridine rings is 1. The Balaban J connectivity index is 3.21. The molecule has 0 aromatic carbocycles. The molecule has 0 aliphatic rings. The fourth-order valence-corrected chi connectivity index (χ4v) is 1.17. The van der Waals surface area contributed by atoms with E-state index in [2.05, 4.69) is 4.98 Å². The van der Waals surface area contributed by atoms with Gasteiger partial charge in [0, 0.05) is 5.56 Å². The van der Waals surface area contributed by atoms with Crippen molar-refractivity contribution < 1.29 is 8.78 Å². The zero-order valence-electron chi connectivity index (χ0n) is 6.97. The van der Waals surface area contributed by atoms with E-state index in [1.807, 2.05) is 0 Å². The zero-order chi connectivity index (χ0) is 10.7. The second-order valence-electron chi connectivity index (χ2n) is 2.55. The molecule has 0 bridgehead atoms. The van der Waals surface area contributed by atoms with E-state index >= 15 is 0 Å². The number of halogens is 3. The molecule has 0 atom stereocenters. The molecule has 0 aliphatic heterocycles. The molecule has 1 aromatic heterocycles. The van der Waals surface area contributed by atoms with Crippen LogP contribution >= 0.6 is 11.6 Å². The van der Waals surface area contributed by atoms with Crippen molar-refractivity contribution in [3.63, 3.8) is 0 Å². The van der Waals surface area contributed by atoms with Crippen LogP contribution < -0.4 is 5.73 Å². The van der Waals surface area contributed by atoms with Crippen molar-refractivity contribution in [1.29, 1.82) is 5.26 Å². The normalized spacial score (nSPS) is 10.2. The Hall–Kier alpha value is -1.41. The maximum Gasteiger partial charge on any atom is 0.266 e. The molecule has 1 aromatic rings. The van der Waals surface area contributed by atoms with E-state index in [1.54, 1.807) is 6.07 Å². The molecular weight excluding hydrogens is 212 g/mol. The number of nitrogens with two attached hydrogens (primary N) is 1. The summed E-state index contributed by atoms with van der Waals surface area (Å²) < 4.78 is 24.7. The Morgan fingerprint density at radius 3 is 2.79 bits per heavy atom. The van der Waals surface area contributed by atoms with Gasteiger partial charge in [0.2, 0.25) is 0 Å². The molecule has 0 radical (unpaired) electrons. The highest BCUT2D eigenvalue weighted by molar-refractivity contribution is 6.30. The van der Waals surface area contributed by atoms with Gasteiger partial charge in [0.05, 0.1) is 18.1 Å². The van der Waals surface area contributed by atoms with Gasteiger partial charge in [0.15, 0.2) is 0 Å². The molecule has 1 heterocycles. The van der Waals surface area contributed by atoms with E-state index in [9.17, 15) is 8.78 Å². The largest absolute Gasteiger partial charge is 0.383 e. The van der Waals surface area contributed by atoms with E-state index in [-0.39, 0.29) is 23.0 Å². The van der Waals surface area contributed by atoms with Gasteiger partial charge in [0.25, 0.3) is 6.43 Å². The van der Waals surface area contributed by atoms with Crippen LogP contribution in [0.5, 0.6) is 0 Å². The van der Waals surface area contributed by atoms with E-state index in [4.69, 9.17) is 22.6 Å². The predicted octanol–water partition coefficient (Wildman–Crippen LogP) is 2.32. The standard InChI is InChI=1S/C8H6ClF2N3/c9-6-5(7(10)11)3-4(1-2-12)8(13)14-6/h3,7H,1H2,(H2,13,14). The molecule has 6 heteroatoms. The first-order valence-corrected chi connectivity index (χ1v) is 4.04. The highest BCUT2D eigenvalue weighted by Crippen LogP contribution is 2.28. The van der Waals surface area contributed by atoms with Crippen LogP contribution in [0.3, 0.4) is 0 Å². The fourth-order valence-electron chi connectivity index (χ4n) is 0.943. The average molecular weight is 218 g/mol. The SMILES string of the molecule is N#CCc1cc(C(F)F)c(Cl)nc1N. The molecule has 0 spiro atoms. The van der Waals surface area contributed by atoms with Crippen LogP contribution in [0.25, 0.3) is 0 Å². The molecule has 1 rings (SSSR count). The maximum absolute atomic E-state index is 12.3. The van der Waals surface area contributed by atoms with Gasteiger partial charge in [-0.1, -0.05) is 11.6 Å². The van der Waals surface area contributed by atoms with Crippen molar-refractivity contribution in [2.24, 2.45) is 0 Å². The number of hydrogen-bond acceptors (Lipinski definition) is 3. The number of alkyl halides is 2. The van der Waals surface area contributed by atoms with E-state index in [0.717, 1.165) is 6.07 Å². The van der Waals surface area contributed by atoms with Gasteiger partial charge >= 0.3 is 0 Å². The molecule has 74 valence electrons. The van der Waals surface area contributed by atoms with Gasteiger partial charge in [-0.15, -0.1) is 0 Å². The first-order chi connectivity index (χ1) is 6.56. The predicted molar refractivity (Wildman–Crippen MR) is 47.9 cm³/mol. The Bertz CT molecular complexity index is 387. The maximum atomic E-state index is 12.3. The van der Waals surface area contributed by atoms with Gasteiger partial charge < -0.3 is 5.73 Å². The second kappa shape index (κ2) is 4.20. The summed E-state index contributed by atoms with van der Waals surface area (Å²) in [5, 5.41) is 8.07. The van der Waals surface area contributed by atoms with Gasteiger partial charge in [-0.2, -0.15) is 5.26 Å². The van der Waals surface area contributed by atoms with Crippen molar-refractivity contribution in [3.05, 3.63) is 22.3 Å². The molecule has 0 fully saturated rings. The van der Waals surface area contributed by atoms with E-state index in [0.29, 0.717) is 0 Å². The van der Waals surface area contributed by atoms with Crippen molar-refractivity contribution in [1.82, 2.24) is 4.98 Å². The van der Waals surface area contributed by atoms with Crippen LogP contribution in [-0.4, -0.2) is 4.98 Å². The lowest BCUT2D eigenvalue weighted by molar-refractivity contribution is 0.151. The lowest BCUT2D eigenvalue weighted by atomic mass is 10.1. The fraction of sp³-hybridized carbons (Fsp3) is 0.250. The van der Waals surface area contributed by atoms with Crippen molar-refractivity contribution in [3.8, 4) is 6.07 Å². The van der Waals surface area contributed by atoms with Crippen molar-refractivity contribution in [2.75, 3.05) is 5.73 Å². The lowest BCUT2D eigenvalue weighted by Crippen LogP contribution is -2.01. The summed E-state index contributed by atoms with van der Waals surface area (Å²) in [6.07, 6.45) is -2.77. The van der Waals surface area contributed by atoms with Crippen LogP contribution in [0.2, 0.25) is 5.15 Å². The monoisotopic (exact) mass is 217 g/mol. The second-order valence-corrected chi connectivity index (χ2v) is 2.91. The van der Waals surface area contributed by atoms with E-state index in [1.165, 1.54) is 0 Å². The Morgan fingerprint density at radius 2 is 2.29 bits per heavy atom. The smallest absolute Gasteiger partial charge is 0.266 e. The summed E-state index contributed by atoms with van der Waals surface area (Å²) in [5.41, 5.74) is 5.26. The Morgan fingerprint density at radius 1 is 1.64 bits per heavy atom. The number of nitrogens with zero attached hydrogens (tertiary/aromatic N) is 2. The summed E-state index contributed by atoms with van der Waals surface area (Å²) in [5.74, 6) is 0.0148. The summed E-state index contributed by atoms with van der Waals surface area (Å²) in [6, 6.07) is 2.91. The van der Waals surface area contributed by atoms with Crippen molar-refractivity contribution >= 4 is 17.4 Å². The van der Waals surface area contributed by atoms with Gasteiger partial charge in [-0.05, 0) is 6.07 Å². The minimum Gasteiger partial charge on any atom is -0.383 e. The minimum atomic E-state index is -2.71. The number of nitrogen functional groups attached to an aromatic ring is 1. The highest BCUT2D eigenvalue weighted by atomic mass is 35.5. The van der Waals surface area contributed by atoms with Gasteiger partial charge in [0.1, 0.15) is 11.0 Å². The first-order valence-electron chi connectivity index (χ1n) is 3.66. The van der Waals surface area contributed by atoms with E-state index < -0.39 is 12.0 Å². The number of aromatic nitrogens is 1. The van der Waals surface area contributed by atoms with Gasteiger partial charge in [-0.3, -0.25) is 0 Å². The first kappa shape index (κ1) is 10.7. The molecule has 0 aliphatic carbocycles. The minimum absolute atomic E-state index is 0.0148. The van der Waals surface area contributed by atoms with Crippen LogP contribution in [0, 0.1) is 11.3 Å². The molecule has 0 saturated heterocycles. The highest BCUT2D eigenvalue weighted by Gasteiger charge is 2.15. The van der Waals surface area contributed by atoms with Crippen LogP contribution in [0.4, 0.5) is 14.6 Å². The molecule has 0 saturated carbocycles. The number of rotatable bonds is 2. The topological polar surface area (TPSA) is 62.7 Å². The molecule has 3 nitrogen and oxygen atoms in total. The van der Waals surface area contributed by atoms with Crippen LogP contribution in [0.1, 0.15) is 17.6 Å². The molecule has 0 unspecified atom stereocenters. The number of anilines is 1. The third-order valence-electron chi connectivity index (χ3n) is 1.62.